The van der Waals surface area contributed by atoms with Gasteiger partial charge in [0.15, 0.2) is 5.11 Å². The van der Waals surface area contributed by atoms with Gasteiger partial charge in [0, 0.05) is 32.4 Å². The van der Waals surface area contributed by atoms with Crippen molar-refractivity contribution >= 4 is 57.2 Å². The molecule has 5 nitrogen and oxygen atoms in total. The maximum Gasteiger partial charge on any atom is 0.174 e. The fourth-order valence-electron chi connectivity index (χ4n) is 3.85. The van der Waals surface area contributed by atoms with E-state index in [1.807, 2.05) is 42.6 Å². The number of halogens is 2. The number of aromatic amines is 1. The van der Waals surface area contributed by atoms with Crippen LogP contribution >= 0.6 is 46.4 Å². The van der Waals surface area contributed by atoms with Crippen LogP contribution in [0.2, 0.25) is 5.02 Å². The van der Waals surface area contributed by atoms with Crippen LogP contribution in [0.1, 0.15) is 34.7 Å². The molecule has 0 unspecified atom stereocenters. The molecule has 1 aromatic carbocycles. The van der Waals surface area contributed by atoms with Gasteiger partial charge in [-0.1, -0.05) is 17.7 Å². The summed E-state index contributed by atoms with van der Waals surface area (Å²) in [7, 11) is 1.61. The van der Waals surface area contributed by atoms with E-state index in [2.05, 4.69) is 56.6 Å². The zero-order valence-corrected chi connectivity index (χ0v) is 19.9. The molecule has 150 valence electrons. The maximum absolute atomic E-state index is 6.43. The third kappa shape index (κ3) is 3.60. The zero-order valence-electron chi connectivity index (χ0n) is 16.2. The summed E-state index contributed by atoms with van der Waals surface area (Å²) < 4.78 is 6.51. The lowest BCUT2D eigenvalue weighted by Crippen LogP contribution is -2.29. The molecule has 3 aromatic rings. The van der Waals surface area contributed by atoms with Crippen molar-refractivity contribution in [1.29, 1.82) is 0 Å². The van der Waals surface area contributed by atoms with Crippen molar-refractivity contribution in [3.8, 4) is 5.75 Å². The summed E-state index contributed by atoms with van der Waals surface area (Å²) in [6.07, 6.45) is 1.81. The standard InChI is InChI=1S/C21H20ClIN4OS/c1-11-17(18(23)12(2)25-11)20-19(15-6-4-5-9-24-15)26-21(29)27(20)13-7-8-16(28-3)14(22)10-13/h4-10,19-20,25H,1-3H3,(H,26,29)/t19-,20-/m0/s1. The molecule has 0 amide bonds. The molecule has 0 aliphatic carbocycles. The van der Waals surface area contributed by atoms with Crippen LogP contribution in [0.25, 0.3) is 0 Å². The number of hydrogen-bond acceptors (Lipinski definition) is 3. The molecule has 4 rings (SSSR count). The van der Waals surface area contributed by atoms with Crippen molar-refractivity contribution < 1.29 is 4.74 Å². The molecule has 0 spiro atoms. The average Bonchev–Trinajstić information content (AvgIpc) is 3.17. The Morgan fingerprint density at radius 3 is 2.59 bits per heavy atom. The molecule has 0 bridgehead atoms. The van der Waals surface area contributed by atoms with Gasteiger partial charge in [-0.3, -0.25) is 4.98 Å². The van der Waals surface area contributed by atoms with Crippen molar-refractivity contribution in [2.24, 2.45) is 0 Å². The van der Waals surface area contributed by atoms with Crippen molar-refractivity contribution in [2.45, 2.75) is 25.9 Å². The van der Waals surface area contributed by atoms with E-state index in [1.165, 1.54) is 9.13 Å². The summed E-state index contributed by atoms with van der Waals surface area (Å²) in [6.45, 7) is 4.18. The molecule has 0 radical (unpaired) electrons. The quantitative estimate of drug-likeness (QED) is 0.341. The molecule has 1 saturated heterocycles. The summed E-state index contributed by atoms with van der Waals surface area (Å²) >= 11 is 14.6. The second-order valence-corrected chi connectivity index (χ2v) is 8.79. The lowest BCUT2D eigenvalue weighted by molar-refractivity contribution is 0.415. The molecule has 2 N–H and O–H groups in total. The first-order valence-corrected chi connectivity index (χ1v) is 11.0. The molecule has 8 heteroatoms. The fraction of sp³-hybridized carbons (Fsp3) is 0.238. The number of benzene rings is 1. The smallest absolute Gasteiger partial charge is 0.174 e. The van der Waals surface area contributed by atoms with Crippen molar-refractivity contribution in [2.75, 3.05) is 12.0 Å². The minimum Gasteiger partial charge on any atom is -0.495 e. The summed E-state index contributed by atoms with van der Waals surface area (Å²) in [5.41, 5.74) is 5.32. The molecule has 1 aliphatic heterocycles. The molecule has 1 aliphatic rings. The van der Waals surface area contributed by atoms with Gasteiger partial charge in [0.1, 0.15) is 5.75 Å². The highest BCUT2D eigenvalue weighted by molar-refractivity contribution is 14.1. The van der Waals surface area contributed by atoms with E-state index >= 15 is 0 Å². The summed E-state index contributed by atoms with van der Waals surface area (Å²) in [5.74, 6) is 0.634. The van der Waals surface area contributed by atoms with Crippen LogP contribution in [0.5, 0.6) is 5.75 Å². The van der Waals surface area contributed by atoms with E-state index < -0.39 is 0 Å². The number of thiocarbonyl (C=S) groups is 1. The number of anilines is 1. The largest absolute Gasteiger partial charge is 0.495 e. The molecule has 3 heterocycles. The molecule has 1 fully saturated rings. The molecule has 2 atom stereocenters. The van der Waals surface area contributed by atoms with Gasteiger partial charge in [0.2, 0.25) is 0 Å². The van der Waals surface area contributed by atoms with Gasteiger partial charge in [-0.05, 0) is 79.0 Å². The minimum atomic E-state index is -0.0907. The number of ether oxygens (including phenoxy) is 1. The second-order valence-electron chi connectivity index (χ2n) is 6.92. The Kier molecular flexibility index (Phi) is 5.72. The average molecular weight is 539 g/mol. The maximum atomic E-state index is 6.43. The lowest BCUT2D eigenvalue weighted by atomic mass is 9.96. The Balaban J connectivity index is 1.89. The Hall–Kier alpha value is -1.84. The Morgan fingerprint density at radius 2 is 2.00 bits per heavy atom. The van der Waals surface area contributed by atoms with Crippen LogP contribution in [-0.2, 0) is 0 Å². The molecule has 0 saturated carbocycles. The van der Waals surface area contributed by atoms with Crippen LogP contribution in [0.15, 0.2) is 42.6 Å². The summed E-state index contributed by atoms with van der Waals surface area (Å²) in [6, 6.07) is 11.5. The predicted octanol–water partition coefficient (Wildman–Crippen LogP) is 5.47. The lowest BCUT2D eigenvalue weighted by Gasteiger charge is -2.28. The number of aromatic nitrogens is 2. The Bertz CT molecular complexity index is 1070. The van der Waals surface area contributed by atoms with Crippen LogP contribution in [0.3, 0.4) is 0 Å². The van der Waals surface area contributed by atoms with Gasteiger partial charge in [-0.15, -0.1) is 0 Å². The summed E-state index contributed by atoms with van der Waals surface area (Å²) in [4.78, 5) is 10.2. The normalized spacial score (nSPS) is 18.8. The van der Waals surface area contributed by atoms with E-state index in [-0.39, 0.29) is 12.1 Å². The highest BCUT2D eigenvalue weighted by Gasteiger charge is 2.43. The highest BCUT2D eigenvalue weighted by atomic mass is 127. The van der Waals surface area contributed by atoms with E-state index in [0.717, 1.165) is 22.8 Å². The predicted molar refractivity (Wildman–Crippen MR) is 129 cm³/mol. The van der Waals surface area contributed by atoms with Crippen molar-refractivity contribution in [3.63, 3.8) is 0 Å². The van der Waals surface area contributed by atoms with Crippen molar-refractivity contribution in [1.82, 2.24) is 15.3 Å². The van der Waals surface area contributed by atoms with Crippen LogP contribution < -0.4 is 15.0 Å². The number of aryl methyl sites for hydroxylation is 2. The molecular formula is C21H20ClIN4OS. The van der Waals surface area contributed by atoms with E-state index in [9.17, 15) is 0 Å². The molecular weight excluding hydrogens is 519 g/mol. The number of rotatable bonds is 4. The first-order valence-electron chi connectivity index (χ1n) is 9.11. The van der Waals surface area contributed by atoms with Gasteiger partial charge >= 0.3 is 0 Å². The number of hydrogen-bond donors (Lipinski definition) is 2. The van der Waals surface area contributed by atoms with E-state index in [1.54, 1.807) is 7.11 Å². The van der Waals surface area contributed by atoms with E-state index in [4.69, 9.17) is 28.6 Å². The second kappa shape index (κ2) is 8.12. The topological polar surface area (TPSA) is 53.2 Å². The van der Waals surface area contributed by atoms with Crippen LogP contribution in [-0.4, -0.2) is 22.2 Å². The molecule has 29 heavy (non-hydrogen) atoms. The fourth-order valence-corrected chi connectivity index (χ4v) is 5.31. The minimum absolute atomic E-state index is 0.0706. The zero-order chi connectivity index (χ0) is 20.7. The third-order valence-corrected chi connectivity index (χ3v) is 7.15. The van der Waals surface area contributed by atoms with Gasteiger partial charge in [-0.25, -0.2) is 0 Å². The first-order chi connectivity index (χ1) is 13.9. The van der Waals surface area contributed by atoms with Gasteiger partial charge < -0.3 is 19.9 Å². The highest BCUT2D eigenvalue weighted by Crippen LogP contribution is 2.45. The number of H-pyrrole nitrogens is 1. The van der Waals surface area contributed by atoms with Crippen LogP contribution in [0, 0.1) is 17.4 Å². The van der Waals surface area contributed by atoms with Crippen molar-refractivity contribution in [3.05, 3.63) is 73.8 Å². The van der Waals surface area contributed by atoms with Gasteiger partial charge in [0.05, 0.1) is 29.9 Å². The number of nitrogens with zero attached hydrogens (tertiary/aromatic N) is 2. The third-order valence-electron chi connectivity index (χ3n) is 5.15. The molecule has 2 aromatic heterocycles. The van der Waals surface area contributed by atoms with Crippen LogP contribution in [0.4, 0.5) is 5.69 Å². The number of pyridine rings is 1. The Morgan fingerprint density at radius 1 is 1.21 bits per heavy atom. The summed E-state index contributed by atoms with van der Waals surface area (Å²) in [5, 5.41) is 4.67. The van der Waals surface area contributed by atoms with Gasteiger partial charge in [-0.2, -0.15) is 0 Å². The first kappa shape index (κ1) is 20.4. The SMILES string of the molecule is COc1ccc(N2C(=S)N[C@@H](c3ccccn3)[C@@H]2c2c(C)[nH]c(C)c2I)cc1Cl. The monoisotopic (exact) mass is 538 g/mol. The number of methoxy groups -OCH3 is 1. The van der Waals surface area contributed by atoms with E-state index in [0.29, 0.717) is 15.9 Å². The van der Waals surface area contributed by atoms with Gasteiger partial charge in [0.25, 0.3) is 0 Å². The Labute approximate surface area is 194 Å². The number of nitrogens with one attached hydrogen (secondary N) is 2.